The molecule has 0 bridgehead atoms. The average molecular weight is 227 g/mol. The second-order valence-corrected chi connectivity index (χ2v) is 3.07. The number of hydrogen-bond donors (Lipinski definition) is 1. The molecule has 0 aliphatic heterocycles. The molecule has 72 valence electrons. The molecule has 1 aromatic heterocycles. The van der Waals surface area contributed by atoms with Crippen LogP contribution in [0.1, 0.15) is 17.7 Å². The van der Waals surface area contributed by atoms with Crippen molar-refractivity contribution >= 4 is 23.2 Å². The summed E-state index contributed by atoms with van der Waals surface area (Å²) in [5, 5.41) is 0.000633. The molecule has 2 nitrogen and oxygen atoms in total. The minimum Gasteiger partial charge on any atom is -0.325 e. The Morgan fingerprint density at radius 3 is 2.54 bits per heavy atom. The molecule has 0 aromatic carbocycles. The Hall–Kier alpha value is -0.450. The first kappa shape index (κ1) is 10.6. The van der Waals surface area contributed by atoms with Gasteiger partial charge in [-0.1, -0.05) is 23.2 Å². The number of aromatic nitrogens is 1. The second kappa shape index (κ2) is 4.17. The molecule has 0 amide bonds. The van der Waals surface area contributed by atoms with E-state index in [2.05, 4.69) is 4.98 Å². The van der Waals surface area contributed by atoms with Crippen LogP contribution < -0.4 is 5.73 Å². The Morgan fingerprint density at radius 2 is 2.08 bits per heavy atom. The minimum absolute atomic E-state index is 0.00785. The Bertz CT molecular complexity index is 318. The van der Waals surface area contributed by atoms with E-state index in [0.717, 1.165) is 6.07 Å². The maximum absolute atomic E-state index is 12.3. The van der Waals surface area contributed by atoms with E-state index in [1.54, 1.807) is 0 Å². The Kier molecular flexibility index (Phi) is 3.41. The third-order valence-electron chi connectivity index (χ3n) is 1.47. The van der Waals surface area contributed by atoms with Gasteiger partial charge in [0.05, 0.1) is 10.7 Å². The molecule has 0 aliphatic rings. The molecule has 0 aliphatic carbocycles. The lowest BCUT2D eigenvalue weighted by atomic mass is 10.2. The summed E-state index contributed by atoms with van der Waals surface area (Å²) in [4.78, 5) is 3.64. The zero-order chi connectivity index (χ0) is 10.0. The highest BCUT2D eigenvalue weighted by molar-refractivity contribution is 6.41. The third kappa shape index (κ3) is 2.27. The molecule has 1 rings (SSSR count). The number of rotatable bonds is 2. The molecular formula is C7H6Cl2F2N2. The zero-order valence-electron chi connectivity index (χ0n) is 6.40. The van der Waals surface area contributed by atoms with E-state index in [1.807, 2.05) is 0 Å². The van der Waals surface area contributed by atoms with Gasteiger partial charge in [0.2, 0.25) is 0 Å². The van der Waals surface area contributed by atoms with Crippen LogP contribution in [0, 0.1) is 0 Å². The van der Waals surface area contributed by atoms with Crippen LogP contribution in [-0.2, 0) is 6.54 Å². The van der Waals surface area contributed by atoms with Gasteiger partial charge in [-0.3, -0.25) is 0 Å². The van der Waals surface area contributed by atoms with Crippen LogP contribution in [0.5, 0.6) is 0 Å². The topological polar surface area (TPSA) is 38.9 Å². The van der Waals surface area contributed by atoms with Crippen molar-refractivity contribution in [3.8, 4) is 0 Å². The third-order valence-corrected chi connectivity index (χ3v) is 2.15. The molecule has 0 spiro atoms. The van der Waals surface area contributed by atoms with Crippen molar-refractivity contribution < 1.29 is 8.78 Å². The van der Waals surface area contributed by atoms with E-state index < -0.39 is 6.43 Å². The van der Waals surface area contributed by atoms with Crippen LogP contribution in [0.25, 0.3) is 0 Å². The van der Waals surface area contributed by atoms with Crippen LogP contribution in [0.15, 0.2) is 6.07 Å². The van der Waals surface area contributed by atoms with Crippen molar-refractivity contribution in [1.29, 1.82) is 0 Å². The highest BCUT2D eigenvalue weighted by atomic mass is 35.5. The summed E-state index contributed by atoms with van der Waals surface area (Å²) in [6, 6.07) is 1.09. The number of halogens is 4. The predicted octanol–water partition coefficient (Wildman–Crippen LogP) is 2.78. The van der Waals surface area contributed by atoms with E-state index in [9.17, 15) is 8.78 Å². The molecule has 0 unspecified atom stereocenters. The molecule has 1 aromatic rings. The maximum atomic E-state index is 12.3. The molecule has 6 heteroatoms. The van der Waals surface area contributed by atoms with Crippen molar-refractivity contribution in [3.63, 3.8) is 0 Å². The van der Waals surface area contributed by atoms with Gasteiger partial charge in [0.15, 0.2) is 0 Å². The fourth-order valence-corrected chi connectivity index (χ4v) is 1.18. The lowest BCUT2D eigenvalue weighted by Gasteiger charge is -2.07. The highest BCUT2D eigenvalue weighted by Gasteiger charge is 2.15. The lowest BCUT2D eigenvalue weighted by molar-refractivity contribution is 0.149. The normalized spacial score (nSPS) is 10.9. The van der Waals surface area contributed by atoms with Crippen molar-refractivity contribution in [3.05, 3.63) is 27.5 Å². The molecule has 0 saturated heterocycles. The van der Waals surface area contributed by atoms with Gasteiger partial charge in [-0.2, -0.15) is 0 Å². The van der Waals surface area contributed by atoms with Gasteiger partial charge in [-0.25, -0.2) is 13.8 Å². The summed E-state index contributed by atoms with van der Waals surface area (Å²) in [7, 11) is 0. The molecule has 13 heavy (non-hydrogen) atoms. The summed E-state index contributed by atoms with van der Waals surface area (Å²) in [6.07, 6.45) is -2.64. The monoisotopic (exact) mass is 226 g/mol. The van der Waals surface area contributed by atoms with E-state index in [4.69, 9.17) is 28.9 Å². The van der Waals surface area contributed by atoms with Crippen LogP contribution >= 0.6 is 23.2 Å². The van der Waals surface area contributed by atoms with Crippen LogP contribution in [-0.4, -0.2) is 4.98 Å². The van der Waals surface area contributed by atoms with Gasteiger partial charge in [0.25, 0.3) is 6.43 Å². The summed E-state index contributed by atoms with van der Waals surface area (Å²) in [5.41, 5.74) is 5.02. The highest BCUT2D eigenvalue weighted by Crippen LogP contribution is 2.28. The van der Waals surface area contributed by atoms with Gasteiger partial charge >= 0.3 is 0 Å². The fraction of sp³-hybridized carbons (Fsp3) is 0.286. The standard InChI is InChI=1S/C7H6Cl2F2N2/c8-4-1-3(7(10)11)5(2-12)13-6(4)9/h1,7H,2,12H2. The first-order chi connectivity index (χ1) is 6.06. The van der Waals surface area contributed by atoms with E-state index in [-0.39, 0.29) is 28.0 Å². The van der Waals surface area contributed by atoms with Gasteiger partial charge in [0, 0.05) is 12.1 Å². The number of alkyl halides is 2. The largest absolute Gasteiger partial charge is 0.325 e. The fourth-order valence-electron chi connectivity index (χ4n) is 0.868. The first-order valence-electron chi connectivity index (χ1n) is 3.39. The van der Waals surface area contributed by atoms with Crippen molar-refractivity contribution in [2.45, 2.75) is 13.0 Å². The quantitative estimate of drug-likeness (QED) is 0.789. The number of nitrogens with two attached hydrogens (primary N) is 1. The van der Waals surface area contributed by atoms with Gasteiger partial charge in [0.1, 0.15) is 5.15 Å². The molecule has 0 atom stereocenters. The van der Waals surface area contributed by atoms with Gasteiger partial charge in [-0.15, -0.1) is 0 Å². The van der Waals surface area contributed by atoms with E-state index in [0.29, 0.717) is 0 Å². The van der Waals surface area contributed by atoms with Crippen LogP contribution in [0.4, 0.5) is 8.78 Å². The molecule has 2 N–H and O–H groups in total. The summed E-state index contributed by atoms with van der Waals surface area (Å²) >= 11 is 11.0. The second-order valence-electron chi connectivity index (χ2n) is 2.30. The zero-order valence-corrected chi connectivity index (χ0v) is 7.91. The lowest BCUT2D eigenvalue weighted by Crippen LogP contribution is -2.05. The minimum atomic E-state index is -2.64. The van der Waals surface area contributed by atoms with Gasteiger partial charge in [-0.05, 0) is 6.07 Å². The van der Waals surface area contributed by atoms with E-state index in [1.165, 1.54) is 0 Å². The molecule has 0 fully saturated rings. The summed E-state index contributed by atoms with van der Waals surface area (Å²) in [6.45, 7) is -0.0867. The Labute approximate surface area is 83.7 Å². The van der Waals surface area contributed by atoms with Crippen LogP contribution in [0.3, 0.4) is 0 Å². The maximum Gasteiger partial charge on any atom is 0.265 e. The van der Waals surface area contributed by atoms with Crippen LogP contribution in [0.2, 0.25) is 10.2 Å². The predicted molar refractivity (Wildman–Crippen MR) is 47.1 cm³/mol. The summed E-state index contributed by atoms with van der Waals surface area (Å²) in [5.74, 6) is 0. The summed E-state index contributed by atoms with van der Waals surface area (Å²) < 4.78 is 24.7. The smallest absolute Gasteiger partial charge is 0.265 e. The molecule has 0 radical (unpaired) electrons. The molecule has 1 heterocycles. The number of hydrogen-bond acceptors (Lipinski definition) is 2. The molecular weight excluding hydrogens is 221 g/mol. The Morgan fingerprint density at radius 1 is 1.46 bits per heavy atom. The van der Waals surface area contributed by atoms with E-state index >= 15 is 0 Å². The van der Waals surface area contributed by atoms with Crippen molar-refractivity contribution in [1.82, 2.24) is 4.98 Å². The van der Waals surface area contributed by atoms with Gasteiger partial charge < -0.3 is 5.73 Å². The number of pyridine rings is 1. The van der Waals surface area contributed by atoms with Crippen molar-refractivity contribution in [2.75, 3.05) is 0 Å². The van der Waals surface area contributed by atoms with Crippen molar-refractivity contribution in [2.24, 2.45) is 5.73 Å². The SMILES string of the molecule is NCc1nc(Cl)c(Cl)cc1C(F)F. The molecule has 0 saturated carbocycles. The first-order valence-corrected chi connectivity index (χ1v) is 4.15. The number of nitrogens with zero attached hydrogens (tertiary/aromatic N) is 1. The Balaban J connectivity index is 3.25. The average Bonchev–Trinajstić information content (AvgIpc) is 2.08.